The topological polar surface area (TPSA) is 86.2 Å². The summed E-state index contributed by atoms with van der Waals surface area (Å²) in [5.41, 5.74) is 1.90. The summed E-state index contributed by atoms with van der Waals surface area (Å²) in [5, 5.41) is 5.56. The van der Waals surface area contributed by atoms with Gasteiger partial charge in [0, 0.05) is 30.6 Å². The molecule has 0 aromatic rings. The number of carbonyl (C=O) groups is 2. The van der Waals surface area contributed by atoms with Crippen LogP contribution >= 0.6 is 0 Å². The summed E-state index contributed by atoms with van der Waals surface area (Å²) in [6.45, 7) is 17.1. The lowest BCUT2D eigenvalue weighted by molar-refractivity contribution is -0.117. The number of nitrogens with one attached hydrogen (secondary N) is 2. The van der Waals surface area contributed by atoms with Crippen molar-refractivity contribution < 1.29 is 9.59 Å². The lowest BCUT2D eigenvalue weighted by Gasteiger charge is -2.11. The molecule has 0 fully saturated rings. The quantitative estimate of drug-likeness (QED) is 0.191. The molecule has 2 amide bonds. The Balaban J connectivity index is 4.70. The van der Waals surface area contributed by atoms with Gasteiger partial charge in [0.1, 0.15) is 0 Å². The summed E-state index contributed by atoms with van der Waals surface area (Å²) in [7, 11) is 0. The Bertz CT molecular complexity index is 645. The second-order valence-electron chi connectivity index (χ2n) is 5.62. The normalized spacial score (nSPS) is 12.3. The number of hydrogen-bond donors (Lipinski definition) is 2. The maximum absolute atomic E-state index is 12.2. The monoisotopic (exact) mass is 373 g/mol. The van der Waals surface area contributed by atoms with Gasteiger partial charge >= 0.3 is 0 Å². The molecule has 0 aliphatic rings. The van der Waals surface area contributed by atoms with Gasteiger partial charge in [-0.2, -0.15) is 0 Å². The second kappa shape index (κ2) is 14.2. The summed E-state index contributed by atoms with van der Waals surface area (Å²) in [5.74, 6) is -0.00760. The number of guanidine groups is 1. The first-order valence-electron chi connectivity index (χ1n) is 8.85. The number of carbonyl (C=O) groups excluding carboxylic acids is 2. The van der Waals surface area contributed by atoms with Crippen molar-refractivity contribution in [3.05, 3.63) is 48.2 Å². The minimum atomic E-state index is -0.351. The molecular formula is C20H31N5O2. The van der Waals surface area contributed by atoms with Gasteiger partial charge in [-0.15, -0.1) is 0 Å². The van der Waals surface area contributed by atoms with Crippen LogP contribution in [0.4, 0.5) is 0 Å². The molecule has 0 aliphatic carbocycles. The van der Waals surface area contributed by atoms with Gasteiger partial charge in [-0.3, -0.25) is 24.9 Å². The summed E-state index contributed by atoms with van der Waals surface area (Å²) in [6, 6.07) is 0. The maximum Gasteiger partial charge on any atom is 0.257 e. The third-order valence-electron chi connectivity index (χ3n) is 3.32. The number of rotatable bonds is 11. The lowest BCUT2D eigenvalue weighted by Crippen LogP contribution is -2.40. The largest absolute Gasteiger partial charge is 0.340 e. The van der Waals surface area contributed by atoms with E-state index in [1.165, 1.54) is 0 Å². The molecule has 0 aromatic heterocycles. The van der Waals surface area contributed by atoms with E-state index in [0.717, 1.165) is 12.0 Å². The molecule has 0 aromatic carbocycles. The Morgan fingerprint density at radius 1 is 1.19 bits per heavy atom. The van der Waals surface area contributed by atoms with E-state index in [1.807, 2.05) is 26.8 Å². The van der Waals surface area contributed by atoms with Crippen molar-refractivity contribution >= 4 is 24.5 Å². The molecule has 0 saturated heterocycles. The van der Waals surface area contributed by atoms with E-state index in [4.69, 9.17) is 0 Å². The van der Waals surface area contributed by atoms with Crippen LogP contribution in [-0.2, 0) is 9.59 Å². The molecule has 0 aliphatic heterocycles. The standard InChI is InChI=1S/C20H31N5O2/c1-7-18(14-21-12-13-25(9-3)15-26)11-10-17(6)19(27)24-20(22-8-2)23-16(4)5/h7,10-12,15H,4,6,8-9,13-14H2,1-3,5H3,(H2,22,23,24,27)/b11-10-,18-7?,21-12?. The minimum absolute atomic E-state index is 0.295. The summed E-state index contributed by atoms with van der Waals surface area (Å²) in [6.07, 6.45) is 7.83. The van der Waals surface area contributed by atoms with E-state index in [1.54, 1.807) is 30.2 Å². The minimum Gasteiger partial charge on any atom is -0.340 e. The fourth-order valence-electron chi connectivity index (χ4n) is 1.76. The molecule has 0 spiro atoms. The molecule has 0 rings (SSSR count). The highest BCUT2D eigenvalue weighted by atomic mass is 16.2. The van der Waals surface area contributed by atoms with Crippen LogP contribution in [0.1, 0.15) is 27.7 Å². The Labute approximate surface area is 162 Å². The number of nitrogens with zero attached hydrogens (tertiary/aromatic N) is 3. The average molecular weight is 374 g/mol. The summed E-state index contributed by atoms with van der Waals surface area (Å²) >= 11 is 0. The van der Waals surface area contributed by atoms with Crippen molar-refractivity contribution in [1.29, 1.82) is 0 Å². The highest BCUT2D eigenvalue weighted by Gasteiger charge is 2.07. The number of aliphatic imine (C=N–C) groups is 2. The van der Waals surface area contributed by atoms with Gasteiger partial charge in [-0.25, -0.2) is 0 Å². The average Bonchev–Trinajstić information content (AvgIpc) is 2.63. The van der Waals surface area contributed by atoms with E-state index in [0.29, 0.717) is 43.4 Å². The van der Waals surface area contributed by atoms with E-state index in [2.05, 4.69) is 33.8 Å². The molecule has 0 unspecified atom stereocenters. The van der Waals surface area contributed by atoms with Crippen LogP contribution < -0.4 is 10.6 Å². The predicted octanol–water partition coefficient (Wildman–Crippen LogP) is 2.21. The fourth-order valence-corrected chi connectivity index (χ4v) is 1.76. The van der Waals surface area contributed by atoms with Crippen LogP contribution in [0.5, 0.6) is 0 Å². The molecule has 27 heavy (non-hydrogen) atoms. The van der Waals surface area contributed by atoms with Gasteiger partial charge in [0.15, 0.2) is 0 Å². The molecular weight excluding hydrogens is 342 g/mol. The molecule has 0 bridgehead atoms. The Hall–Kier alpha value is -2.96. The first kappa shape index (κ1) is 24.0. The molecule has 2 N–H and O–H groups in total. The van der Waals surface area contributed by atoms with E-state index in [9.17, 15) is 9.59 Å². The summed E-state index contributed by atoms with van der Waals surface area (Å²) < 4.78 is 0. The highest BCUT2D eigenvalue weighted by Crippen LogP contribution is 2.02. The third kappa shape index (κ3) is 11.3. The highest BCUT2D eigenvalue weighted by molar-refractivity contribution is 6.06. The zero-order chi connectivity index (χ0) is 20.7. The van der Waals surface area contributed by atoms with Crippen molar-refractivity contribution in [3.8, 4) is 0 Å². The Morgan fingerprint density at radius 3 is 2.41 bits per heavy atom. The molecule has 0 radical (unpaired) electrons. The third-order valence-corrected chi connectivity index (χ3v) is 3.32. The first-order chi connectivity index (χ1) is 12.9. The predicted molar refractivity (Wildman–Crippen MR) is 113 cm³/mol. The molecule has 0 atom stereocenters. The van der Waals surface area contributed by atoms with Gasteiger partial charge in [0.25, 0.3) is 5.91 Å². The van der Waals surface area contributed by atoms with Gasteiger partial charge in [-0.1, -0.05) is 25.3 Å². The van der Waals surface area contributed by atoms with Crippen LogP contribution in [0.2, 0.25) is 0 Å². The van der Waals surface area contributed by atoms with Crippen LogP contribution in [0, 0.1) is 0 Å². The number of allylic oxidation sites excluding steroid dienone is 2. The van der Waals surface area contributed by atoms with Crippen molar-refractivity contribution in [1.82, 2.24) is 15.5 Å². The molecule has 7 nitrogen and oxygen atoms in total. The molecule has 148 valence electrons. The van der Waals surface area contributed by atoms with Crippen LogP contribution in [0.25, 0.3) is 0 Å². The van der Waals surface area contributed by atoms with Gasteiger partial charge in [0.05, 0.1) is 13.1 Å². The molecule has 7 heteroatoms. The van der Waals surface area contributed by atoms with Gasteiger partial charge in [-0.05, 0) is 39.3 Å². The zero-order valence-corrected chi connectivity index (χ0v) is 16.8. The molecule has 0 saturated carbocycles. The fraction of sp³-hybridized carbons (Fsp3) is 0.400. The number of hydrogen-bond acceptors (Lipinski definition) is 4. The Kier molecular flexibility index (Phi) is 12.7. The van der Waals surface area contributed by atoms with Crippen molar-refractivity contribution in [2.75, 3.05) is 26.2 Å². The summed E-state index contributed by atoms with van der Waals surface area (Å²) in [4.78, 5) is 33.0. The van der Waals surface area contributed by atoms with Crippen molar-refractivity contribution in [2.24, 2.45) is 9.98 Å². The second-order valence-corrected chi connectivity index (χ2v) is 5.62. The van der Waals surface area contributed by atoms with Crippen LogP contribution in [-0.4, -0.2) is 55.6 Å². The SMILES string of the molecule is C=C(C)NC(=NCC)NC(=O)C(=C)/C=C\C(=CC)CN=CCN(C=O)CC. The molecule has 0 heterocycles. The lowest BCUT2D eigenvalue weighted by atomic mass is 10.2. The van der Waals surface area contributed by atoms with Gasteiger partial charge in [0.2, 0.25) is 12.4 Å². The van der Waals surface area contributed by atoms with E-state index in [-0.39, 0.29) is 5.91 Å². The van der Waals surface area contributed by atoms with E-state index >= 15 is 0 Å². The van der Waals surface area contributed by atoms with Gasteiger partial charge < -0.3 is 10.2 Å². The first-order valence-corrected chi connectivity index (χ1v) is 8.85. The van der Waals surface area contributed by atoms with Crippen LogP contribution in [0.3, 0.4) is 0 Å². The Morgan fingerprint density at radius 2 is 1.89 bits per heavy atom. The van der Waals surface area contributed by atoms with Crippen LogP contribution in [0.15, 0.2) is 58.2 Å². The maximum atomic E-state index is 12.2. The van der Waals surface area contributed by atoms with E-state index < -0.39 is 0 Å². The van der Waals surface area contributed by atoms with Crippen molar-refractivity contribution in [2.45, 2.75) is 27.7 Å². The zero-order valence-electron chi connectivity index (χ0n) is 16.8. The van der Waals surface area contributed by atoms with Crippen molar-refractivity contribution in [3.63, 3.8) is 0 Å². The smallest absolute Gasteiger partial charge is 0.257 e. The number of amides is 2.